The van der Waals surface area contributed by atoms with E-state index in [0.717, 1.165) is 19.3 Å². The lowest BCUT2D eigenvalue weighted by Crippen LogP contribution is -2.65. The molecule has 4 nitrogen and oxygen atoms in total. The molecule has 17 heavy (non-hydrogen) atoms. The van der Waals surface area contributed by atoms with Crippen molar-refractivity contribution in [1.82, 2.24) is 10.2 Å². The largest absolute Gasteiger partial charge is 0.341 e. The van der Waals surface area contributed by atoms with E-state index < -0.39 is 5.54 Å². The summed E-state index contributed by atoms with van der Waals surface area (Å²) >= 11 is 0. The molecule has 0 bridgehead atoms. The molecule has 1 unspecified atom stereocenters. The normalized spacial score (nSPS) is 31.5. The van der Waals surface area contributed by atoms with Crippen LogP contribution in [0.5, 0.6) is 0 Å². The van der Waals surface area contributed by atoms with Crippen LogP contribution in [-0.4, -0.2) is 34.8 Å². The van der Waals surface area contributed by atoms with Crippen molar-refractivity contribution in [3.8, 4) is 0 Å². The Hall–Kier alpha value is -1.06. The maximum Gasteiger partial charge on any atom is 0.248 e. The van der Waals surface area contributed by atoms with Gasteiger partial charge in [0, 0.05) is 6.04 Å². The SMILES string of the molecule is CC1(C)CCC(N2CC(=O)NC(C)(C)C2=O)C1. The summed E-state index contributed by atoms with van der Waals surface area (Å²) in [6, 6.07) is 0.239. The average molecular weight is 238 g/mol. The number of hydrogen-bond donors (Lipinski definition) is 1. The van der Waals surface area contributed by atoms with Crippen molar-refractivity contribution in [3.05, 3.63) is 0 Å². The quantitative estimate of drug-likeness (QED) is 0.748. The van der Waals surface area contributed by atoms with Crippen LogP contribution in [0, 0.1) is 5.41 Å². The Bertz CT molecular complexity index is 360. The van der Waals surface area contributed by atoms with E-state index in [1.807, 2.05) is 0 Å². The van der Waals surface area contributed by atoms with Gasteiger partial charge >= 0.3 is 0 Å². The molecule has 0 radical (unpaired) electrons. The summed E-state index contributed by atoms with van der Waals surface area (Å²) in [6.07, 6.45) is 3.15. The van der Waals surface area contributed by atoms with Crippen LogP contribution in [0.25, 0.3) is 0 Å². The summed E-state index contributed by atoms with van der Waals surface area (Å²) in [5.74, 6) is 0.0131. The molecule has 1 aliphatic carbocycles. The summed E-state index contributed by atoms with van der Waals surface area (Å²) < 4.78 is 0. The van der Waals surface area contributed by atoms with Gasteiger partial charge in [0.15, 0.2) is 0 Å². The molecule has 2 amide bonds. The minimum atomic E-state index is -0.748. The summed E-state index contributed by atoms with van der Waals surface area (Å²) in [7, 11) is 0. The van der Waals surface area contributed by atoms with Crippen LogP contribution in [0.2, 0.25) is 0 Å². The minimum Gasteiger partial charge on any atom is -0.341 e. The van der Waals surface area contributed by atoms with E-state index in [1.165, 1.54) is 0 Å². The zero-order chi connectivity index (χ0) is 12.8. The predicted molar refractivity (Wildman–Crippen MR) is 65.4 cm³/mol. The number of hydrogen-bond acceptors (Lipinski definition) is 2. The molecule has 1 N–H and O–H groups in total. The van der Waals surface area contributed by atoms with E-state index >= 15 is 0 Å². The number of rotatable bonds is 1. The van der Waals surface area contributed by atoms with Crippen molar-refractivity contribution in [2.45, 2.75) is 58.5 Å². The van der Waals surface area contributed by atoms with Gasteiger partial charge in [-0.25, -0.2) is 0 Å². The standard InChI is InChI=1S/C13H22N2O2/c1-12(2)6-5-9(7-12)15-8-10(16)14-13(3,4)11(15)17/h9H,5-8H2,1-4H3,(H,14,16). The van der Waals surface area contributed by atoms with Crippen molar-refractivity contribution >= 4 is 11.8 Å². The highest BCUT2D eigenvalue weighted by atomic mass is 16.2. The van der Waals surface area contributed by atoms with Crippen LogP contribution in [0.4, 0.5) is 0 Å². The van der Waals surface area contributed by atoms with E-state index in [1.54, 1.807) is 18.7 Å². The topological polar surface area (TPSA) is 49.4 Å². The molecule has 4 heteroatoms. The van der Waals surface area contributed by atoms with Gasteiger partial charge in [-0.3, -0.25) is 9.59 Å². The summed E-state index contributed by atoms with van der Waals surface area (Å²) in [5, 5.41) is 2.75. The first kappa shape index (κ1) is 12.4. The first-order valence-corrected chi connectivity index (χ1v) is 6.33. The second-order valence-corrected chi connectivity index (χ2v) is 6.67. The van der Waals surface area contributed by atoms with Crippen LogP contribution in [-0.2, 0) is 9.59 Å². The molecule has 1 atom stereocenters. The Morgan fingerprint density at radius 3 is 2.41 bits per heavy atom. The summed E-state index contributed by atoms with van der Waals surface area (Å²) in [6.45, 7) is 8.24. The minimum absolute atomic E-state index is 0.0423. The lowest BCUT2D eigenvalue weighted by molar-refractivity contribution is -0.150. The summed E-state index contributed by atoms with van der Waals surface area (Å²) in [4.78, 5) is 25.7. The zero-order valence-corrected chi connectivity index (χ0v) is 11.2. The van der Waals surface area contributed by atoms with Crippen molar-refractivity contribution in [2.75, 3.05) is 6.54 Å². The predicted octanol–water partition coefficient (Wildman–Crippen LogP) is 1.30. The fourth-order valence-corrected chi connectivity index (χ4v) is 2.99. The van der Waals surface area contributed by atoms with Crippen molar-refractivity contribution in [1.29, 1.82) is 0 Å². The highest BCUT2D eigenvalue weighted by molar-refractivity contribution is 5.97. The Balaban J connectivity index is 2.15. The van der Waals surface area contributed by atoms with Gasteiger partial charge in [0.25, 0.3) is 0 Å². The fourth-order valence-electron chi connectivity index (χ4n) is 2.99. The molecule has 1 aliphatic heterocycles. The Morgan fingerprint density at radius 2 is 1.88 bits per heavy atom. The third kappa shape index (κ3) is 2.31. The molecule has 0 aromatic heterocycles. The van der Waals surface area contributed by atoms with Crippen LogP contribution in [0.1, 0.15) is 47.0 Å². The third-order valence-electron chi connectivity index (χ3n) is 3.94. The first-order valence-electron chi connectivity index (χ1n) is 6.33. The molecule has 1 saturated carbocycles. The smallest absolute Gasteiger partial charge is 0.248 e. The van der Waals surface area contributed by atoms with Gasteiger partial charge in [-0.1, -0.05) is 13.8 Å². The van der Waals surface area contributed by atoms with E-state index in [4.69, 9.17) is 0 Å². The van der Waals surface area contributed by atoms with Gasteiger partial charge in [-0.2, -0.15) is 0 Å². The molecule has 2 rings (SSSR count). The Morgan fingerprint density at radius 1 is 1.24 bits per heavy atom. The fraction of sp³-hybridized carbons (Fsp3) is 0.846. The van der Waals surface area contributed by atoms with Gasteiger partial charge in [-0.15, -0.1) is 0 Å². The summed E-state index contributed by atoms with van der Waals surface area (Å²) in [5.41, 5.74) is -0.453. The maximum absolute atomic E-state index is 12.3. The molecule has 2 fully saturated rings. The second kappa shape index (κ2) is 3.72. The van der Waals surface area contributed by atoms with Gasteiger partial charge < -0.3 is 10.2 Å². The number of carbonyl (C=O) groups excluding carboxylic acids is 2. The van der Waals surface area contributed by atoms with Crippen molar-refractivity contribution in [3.63, 3.8) is 0 Å². The van der Waals surface area contributed by atoms with Crippen LogP contribution < -0.4 is 5.32 Å². The molecular weight excluding hydrogens is 216 g/mol. The molecule has 0 aromatic rings. The molecular formula is C13H22N2O2. The average Bonchev–Trinajstić information content (AvgIpc) is 2.51. The lowest BCUT2D eigenvalue weighted by atomic mass is 9.91. The van der Waals surface area contributed by atoms with Gasteiger partial charge in [0.2, 0.25) is 11.8 Å². The van der Waals surface area contributed by atoms with Gasteiger partial charge in [0.05, 0.1) is 6.54 Å². The third-order valence-corrected chi connectivity index (χ3v) is 3.94. The lowest BCUT2D eigenvalue weighted by Gasteiger charge is -2.40. The molecule has 1 heterocycles. The highest BCUT2D eigenvalue weighted by Crippen LogP contribution is 2.40. The first-order chi connectivity index (χ1) is 7.71. The zero-order valence-electron chi connectivity index (χ0n) is 11.2. The molecule has 1 saturated heterocycles. The maximum atomic E-state index is 12.3. The molecule has 96 valence electrons. The number of piperazine rings is 1. The van der Waals surface area contributed by atoms with Crippen molar-refractivity contribution in [2.24, 2.45) is 5.41 Å². The number of nitrogens with one attached hydrogen (secondary N) is 1. The van der Waals surface area contributed by atoms with Gasteiger partial charge in [0.1, 0.15) is 5.54 Å². The number of carbonyl (C=O) groups is 2. The Labute approximate surface area is 103 Å². The van der Waals surface area contributed by atoms with E-state index in [-0.39, 0.29) is 24.4 Å². The van der Waals surface area contributed by atoms with Crippen LogP contribution in [0.3, 0.4) is 0 Å². The molecule has 0 aromatic carbocycles. The monoisotopic (exact) mass is 238 g/mol. The van der Waals surface area contributed by atoms with Crippen LogP contribution in [0.15, 0.2) is 0 Å². The molecule has 0 spiro atoms. The van der Waals surface area contributed by atoms with E-state index in [9.17, 15) is 9.59 Å². The highest BCUT2D eigenvalue weighted by Gasteiger charge is 2.44. The Kier molecular flexibility index (Phi) is 2.71. The van der Waals surface area contributed by atoms with Crippen molar-refractivity contribution < 1.29 is 9.59 Å². The molecule has 2 aliphatic rings. The van der Waals surface area contributed by atoms with Crippen LogP contribution >= 0.6 is 0 Å². The second-order valence-electron chi connectivity index (χ2n) is 6.67. The number of amides is 2. The number of nitrogens with zero attached hydrogens (tertiary/aromatic N) is 1. The van der Waals surface area contributed by atoms with E-state index in [0.29, 0.717) is 5.41 Å². The van der Waals surface area contributed by atoms with Gasteiger partial charge in [-0.05, 0) is 38.5 Å². The van der Waals surface area contributed by atoms with E-state index in [2.05, 4.69) is 19.2 Å².